The normalized spacial score (nSPS) is 39.2. The maximum Gasteiger partial charge on any atom is 0.309 e. The Balaban J connectivity index is 1.72. The largest absolute Gasteiger partial charge is 0.465 e. The van der Waals surface area contributed by atoms with Gasteiger partial charge in [-0.15, -0.1) is 0 Å². The van der Waals surface area contributed by atoms with Gasteiger partial charge in [0, 0.05) is 4.43 Å². The minimum Gasteiger partial charge on any atom is -0.465 e. The topological polar surface area (TPSA) is 35.5 Å². The van der Waals surface area contributed by atoms with Crippen LogP contribution in [0.2, 0.25) is 0 Å². The molecular formula is C17H27IO3. The first-order valence-corrected chi connectivity index (χ1v) is 10.2. The minimum absolute atomic E-state index is 0.0805. The van der Waals surface area contributed by atoms with Crippen molar-refractivity contribution in [1.82, 2.24) is 0 Å². The average Bonchev–Trinajstić information content (AvgIpc) is 2.52. The molecule has 0 radical (unpaired) electrons. The fourth-order valence-electron chi connectivity index (χ4n) is 4.63. The van der Waals surface area contributed by atoms with Gasteiger partial charge in [0.05, 0.1) is 24.7 Å². The van der Waals surface area contributed by atoms with Crippen LogP contribution in [0.3, 0.4) is 0 Å². The second-order valence-corrected chi connectivity index (χ2v) is 7.92. The van der Waals surface area contributed by atoms with Crippen molar-refractivity contribution in [3.05, 3.63) is 0 Å². The van der Waals surface area contributed by atoms with E-state index in [1.807, 2.05) is 0 Å². The summed E-state index contributed by atoms with van der Waals surface area (Å²) in [6.07, 6.45) is 11.2. The molecule has 4 atom stereocenters. The van der Waals surface area contributed by atoms with Gasteiger partial charge in [0.2, 0.25) is 0 Å². The molecule has 0 aromatic rings. The first-order valence-electron chi connectivity index (χ1n) is 8.69. The lowest BCUT2D eigenvalue weighted by Gasteiger charge is -2.49. The molecule has 120 valence electrons. The Kier molecular flexibility index (Phi) is 5.82. The number of carbonyl (C=O) groups is 1. The molecule has 1 heterocycles. The number of halogens is 1. The van der Waals surface area contributed by atoms with E-state index in [0.29, 0.717) is 30.7 Å². The molecule has 3 fully saturated rings. The Hall–Kier alpha value is 0.160. The van der Waals surface area contributed by atoms with Crippen molar-refractivity contribution < 1.29 is 14.3 Å². The van der Waals surface area contributed by atoms with Crippen LogP contribution in [0.1, 0.15) is 57.8 Å². The zero-order valence-corrected chi connectivity index (χ0v) is 14.9. The molecule has 3 aliphatic rings. The van der Waals surface area contributed by atoms with Crippen LogP contribution in [0.4, 0.5) is 0 Å². The maximum absolute atomic E-state index is 12.7. The van der Waals surface area contributed by atoms with Crippen LogP contribution in [0.25, 0.3) is 0 Å². The van der Waals surface area contributed by atoms with Crippen molar-refractivity contribution in [2.45, 2.75) is 70.0 Å². The number of hydrogen-bond acceptors (Lipinski definition) is 3. The van der Waals surface area contributed by atoms with Gasteiger partial charge in [-0.3, -0.25) is 4.79 Å². The van der Waals surface area contributed by atoms with Gasteiger partial charge in [0.1, 0.15) is 0 Å². The van der Waals surface area contributed by atoms with Gasteiger partial charge in [-0.05, 0) is 43.9 Å². The van der Waals surface area contributed by atoms with E-state index in [4.69, 9.17) is 9.47 Å². The summed E-state index contributed by atoms with van der Waals surface area (Å²) in [5, 5.41) is 0. The van der Waals surface area contributed by atoms with Crippen LogP contribution in [-0.2, 0) is 14.3 Å². The summed E-state index contributed by atoms with van der Waals surface area (Å²) in [6.45, 7) is 0.591. The lowest BCUT2D eigenvalue weighted by atomic mass is 9.65. The lowest BCUT2D eigenvalue weighted by molar-refractivity contribution is -0.193. The SMILES string of the molecule is O=C(OCCCI)C1C2CCCCC2OC2CCCCC21. The van der Waals surface area contributed by atoms with Crippen LogP contribution < -0.4 is 0 Å². The van der Waals surface area contributed by atoms with Crippen LogP contribution in [0.5, 0.6) is 0 Å². The van der Waals surface area contributed by atoms with E-state index in [0.717, 1.165) is 36.5 Å². The molecule has 21 heavy (non-hydrogen) atoms. The minimum atomic E-state index is 0.0805. The van der Waals surface area contributed by atoms with Crippen LogP contribution in [-0.4, -0.2) is 29.2 Å². The zero-order valence-electron chi connectivity index (χ0n) is 12.8. The average molecular weight is 406 g/mol. The molecular weight excluding hydrogens is 379 g/mol. The zero-order chi connectivity index (χ0) is 14.7. The van der Waals surface area contributed by atoms with Crippen molar-refractivity contribution >= 4 is 28.6 Å². The quantitative estimate of drug-likeness (QED) is 0.305. The molecule has 0 amide bonds. The van der Waals surface area contributed by atoms with E-state index in [2.05, 4.69) is 22.6 Å². The van der Waals surface area contributed by atoms with Gasteiger partial charge in [0.25, 0.3) is 0 Å². The number of esters is 1. The molecule has 1 aliphatic heterocycles. The molecule has 2 aliphatic carbocycles. The fourth-order valence-corrected chi connectivity index (χ4v) is 4.94. The van der Waals surface area contributed by atoms with Gasteiger partial charge in [-0.25, -0.2) is 0 Å². The molecule has 4 heteroatoms. The Labute approximate surface area is 141 Å². The highest BCUT2D eigenvalue weighted by molar-refractivity contribution is 14.1. The highest BCUT2D eigenvalue weighted by atomic mass is 127. The third-order valence-electron chi connectivity index (χ3n) is 5.57. The molecule has 1 saturated heterocycles. The third-order valence-corrected chi connectivity index (χ3v) is 6.34. The predicted octanol–water partition coefficient (Wildman–Crippen LogP) is 4.12. The van der Waals surface area contributed by atoms with Crippen molar-refractivity contribution in [1.29, 1.82) is 0 Å². The first-order chi connectivity index (χ1) is 10.3. The highest BCUT2D eigenvalue weighted by Gasteiger charge is 2.50. The van der Waals surface area contributed by atoms with Gasteiger partial charge in [0.15, 0.2) is 0 Å². The molecule has 4 unspecified atom stereocenters. The number of ether oxygens (including phenoxy) is 2. The monoisotopic (exact) mass is 406 g/mol. The van der Waals surface area contributed by atoms with Crippen molar-refractivity contribution in [2.75, 3.05) is 11.0 Å². The van der Waals surface area contributed by atoms with Crippen LogP contribution in [0, 0.1) is 17.8 Å². The Morgan fingerprint density at radius 3 is 2.14 bits per heavy atom. The number of carbonyl (C=O) groups excluding carboxylic acids is 1. The lowest BCUT2D eigenvalue weighted by Crippen LogP contribution is -2.53. The Bertz CT molecular complexity index is 338. The second kappa shape index (κ2) is 7.62. The van der Waals surface area contributed by atoms with Crippen LogP contribution in [0.15, 0.2) is 0 Å². The Morgan fingerprint density at radius 2 is 1.57 bits per heavy atom. The van der Waals surface area contributed by atoms with Crippen molar-refractivity contribution in [3.8, 4) is 0 Å². The predicted molar refractivity (Wildman–Crippen MR) is 90.5 cm³/mol. The molecule has 0 aromatic heterocycles. The van der Waals surface area contributed by atoms with E-state index < -0.39 is 0 Å². The Morgan fingerprint density at radius 1 is 1.00 bits per heavy atom. The first kappa shape index (κ1) is 16.0. The molecule has 0 aromatic carbocycles. The number of hydrogen-bond donors (Lipinski definition) is 0. The highest BCUT2D eigenvalue weighted by Crippen LogP contribution is 2.47. The van der Waals surface area contributed by atoms with E-state index in [1.54, 1.807) is 0 Å². The summed E-state index contributed by atoms with van der Waals surface area (Å²) >= 11 is 2.34. The number of fused-ring (bicyclic) bond motifs is 2. The number of rotatable bonds is 4. The maximum atomic E-state index is 12.7. The van der Waals surface area contributed by atoms with E-state index >= 15 is 0 Å². The van der Waals surface area contributed by atoms with E-state index in [1.165, 1.54) is 25.7 Å². The van der Waals surface area contributed by atoms with Gasteiger partial charge in [-0.2, -0.15) is 0 Å². The second-order valence-electron chi connectivity index (χ2n) is 6.85. The summed E-state index contributed by atoms with van der Waals surface area (Å²) in [4.78, 5) is 12.7. The summed E-state index contributed by atoms with van der Waals surface area (Å²) < 4.78 is 13.1. The fraction of sp³-hybridized carbons (Fsp3) is 0.941. The van der Waals surface area contributed by atoms with Crippen LogP contribution >= 0.6 is 22.6 Å². The summed E-state index contributed by atoms with van der Waals surface area (Å²) in [5.41, 5.74) is 0. The summed E-state index contributed by atoms with van der Waals surface area (Å²) in [7, 11) is 0. The standard InChI is InChI=1S/C17H27IO3/c18-10-5-11-20-17(19)16-12-6-1-3-8-14(12)21-15-9-4-2-7-13(15)16/h12-16H,1-11H2. The van der Waals surface area contributed by atoms with Gasteiger partial charge >= 0.3 is 5.97 Å². The van der Waals surface area contributed by atoms with Crippen molar-refractivity contribution in [3.63, 3.8) is 0 Å². The van der Waals surface area contributed by atoms with E-state index in [-0.39, 0.29) is 11.9 Å². The molecule has 3 rings (SSSR count). The molecule has 2 saturated carbocycles. The van der Waals surface area contributed by atoms with Crippen molar-refractivity contribution in [2.24, 2.45) is 17.8 Å². The molecule has 0 bridgehead atoms. The molecule has 3 nitrogen and oxygen atoms in total. The molecule has 0 spiro atoms. The number of alkyl halides is 1. The molecule has 0 N–H and O–H groups in total. The smallest absolute Gasteiger partial charge is 0.309 e. The third kappa shape index (κ3) is 3.57. The van der Waals surface area contributed by atoms with Gasteiger partial charge < -0.3 is 9.47 Å². The summed E-state index contributed by atoms with van der Waals surface area (Å²) in [5.74, 6) is 1.04. The van der Waals surface area contributed by atoms with Gasteiger partial charge in [-0.1, -0.05) is 48.3 Å². The van der Waals surface area contributed by atoms with E-state index in [9.17, 15) is 4.79 Å². The summed E-state index contributed by atoms with van der Waals surface area (Å²) in [6, 6.07) is 0.